The molecule has 0 aromatic carbocycles. The highest BCUT2D eigenvalue weighted by atomic mass is 16.5. The largest absolute Gasteiger partial charge is 0.465 e. The van der Waals surface area contributed by atoms with Gasteiger partial charge in [-0.05, 0) is 25.2 Å². The summed E-state index contributed by atoms with van der Waals surface area (Å²) in [6, 6.07) is 0. The van der Waals surface area contributed by atoms with Crippen molar-refractivity contribution >= 4 is 11.9 Å². The maximum Gasteiger partial charge on any atom is 0.312 e. The minimum atomic E-state index is -0.789. The van der Waals surface area contributed by atoms with E-state index in [2.05, 4.69) is 0 Å². The van der Waals surface area contributed by atoms with Gasteiger partial charge in [0.05, 0.1) is 25.0 Å². The van der Waals surface area contributed by atoms with Crippen LogP contribution in [0, 0.1) is 17.3 Å². The van der Waals surface area contributed by atoms with E-state index in [9.17, 15) is 9.59 Å². The van der Waals surface area contributed by atoms with Crippen LogP contribution in [0.4, 0.5) is 0 Å². The predicted molar refractivity (Wildman–Crippen MR) is 74.6 cm³/mol. The first-order valence-corrected chi connectivity index (χ1v) is 7.04. The molecule has 0 heterocycles. The topological polar surface area (TPSA) is 52.6 Å². The summed E-state index contributed by atoms with van der Waals surface area (Å²) in [6.45, 7) is 12.3. The number of rotatable bonds is 8. The van der Waals surface area contributed by atoms with E-state index < -0.39 is 5.41 Å². The van der Waals surface area contributed by atoms with Crippen LogP contribution in [0.5, 0.6) is 0 Å². The molecule has 0 spiro atoms. The van der Waals surface area contributed by atoms with Crippen molar-refractivity contribution < 1.29 is 19.1 Å². The molecular formula is C15H28O4. The normalized spacial score (nSPS) is 14.3. The van der Waals surface area contributed by atoms with Crippen LogP contribution in [0.1, 0.15) is 54.4 Å². The summed E-state index contributed by atoms with van der Waals surface area (Å²) in [6.07, 6.45) is 0.633. The van der Waals surface area contributed by atoms with Gasteiger partial charge in [-0.2, -0.15) is 0 Å². The van der Waals surface area contributed by atoms with Gasteiger partial charge in [0.2, 0.25) is 0 Å². The molecule has 0 bridgehead atoms. The molecule has 0 aromatic heterocycles. The molecular weight excluding hydrogens is 244 g/mol. The zero-order valence-corrected chi connectivity index (χ0v) is 13.1. The fraction of sp³-hybridized carbons (Fsp3) is 0.867. The smallest absolute Gasteiger partial charge is 0.312 e. The Morgan fingerprint density at radius 3 is 1.89 bits per heavy atom. The van der Waals surface area contributed by atoms with Crippen molar-refractivity contribution in [2.24, 2.45) is 17.3 Å². The van der Waals surface area contributed by atoms with E-state index in [0.29, 0.717) is 25.6 Å². The molecule has 0 aliphatic rings. The minimum Gasteiger partial charge on any atom is -0.465 e. The van der Waals surface area contributed by atoms with E-state index in [4.69, 9.17) is 9.47 Å². The summed E-state index contributed by atoms with van der Waals surface area (Å²) >= 11 is 0. The summed E-state index contributed by atoms with van der Waals surface area (Å²) in [5.41, 5.74) is -0.789. The molecule has 4 nitrogen and oxygen atoms in total. The van der Waals surface area contributed by atoms with Crippen molar-refractivity contribution in [3.63, 3.8) is 0 Å². The lowest BCUT2D eigenvalue weighted by Crippen LogP contribution is -2.33. The molecule has 1 unspecified atom stereocenters. The summed E-state index contributed by atoms with van der Waals surface area (Å²) < 4.78 is 10.4. The molecule has 0 amide bonds. The molecule has 0 saturated carbocycles. The SMILES string of the molecule is CCC(C)(CC(=O)OCC(C)C)C(=O)OCC(C)C. The van der Waals surface area contributed by atoms with Gasteiger partial charge in [-0.1, -0.05) is 34.6 Å². The Balaban J connectivity index is 4.42. The van der Waals surface area contributed by atoms with Gasteiger partial charge in [-0.25, -0.2) is 0 Å². The Kier molecular flexibility index (Phi) is 7.72. The lowest BCUT2D eigenvalue weighted by atomic mass is 9.84. The van der Waals surface area contributed by atoms with E-state index in [1.807, 2.05) is 34.6 Å². The molecule has 4 heteroatoms. The Morgan fingerprint density at radius 1 is 1.00 bits per heavy atom. The first-order chi connectivity index (χ1) is 8.71. The zero-order valence-electron chi connectivity index (χ0n) is 13.1. The molecule has 0 radical (unpaired) electrons. The Morgan fingerprint density at radius 2 is 1.47 bits per heavy atom. The highest BCUT2D eigenvalue weighted by Gasteiger charge is 2.36. The molecule has 1 atom stereocenters. The number of ether oxygens (including phenoxy) is 2. The molecule has 0 aliphatic heterocycles. The number of carbonyl (C=O) groups excluding carboxylic acids is 2. The summed E-state index contributed by atoms with van der Waals surface area (Å²) in [5, 5.41) is 0. The molecule has 0 aromatic rings. The van der Waals surface area contributed by atoms with Crippen molar-refractivity contribution in [3.05, 3.63) is 0 Å². The van der Waals surface area contributed by atoms with Gasteiger partial charge in [0.15, 0.2) is 0 Å². The maximum absolute atomic E-state index is 12.0. The average Bonchev–Trinajstić information content (AvgIpc) is 2.33. The molecule has 112 valence electrons. The number of hydrogen-bond donors (Lipinski definition) is 0. The monoisotopic (exact) mass is 272 g/mol. The van der Waals surface area contributed by atoms with Crippen LogP contribution in [0.25, 0.3) is 0 Å². The van der Waals surface area contributed by atoms with Gasteiger partial charge in [0.25, 0.3) is 0 Å². The van der Waals surface area contributed by atoms with E-state index in [1.54, 1.807) is 6.92 Å². The highest BCUT2D eigenvalue weighted by molar-refractivity contribution is 5.83. The second-order valence-electron chi connectivity index (χ2n) is 6.16. The standard InChI is InChI=1S/C15H28O4/c1-7-15(6,14(17)19-10-12(4)5)8-13(16)18-9-11(2)3/h11-12H,7-10H2,1-6H3. The van der Waals surface area contributed by atoms with Gasteiger partial charge >= 0.3 is 11.9 Å². The van der Waals surface area contributed by atoms with Crippen LogP contribution < -0.4 is 0 Å². The van der Waals surface area contributed by atoms with Gasteiger partial charge in [-0.15, -0.1) is 0 Å². The Hall–Kier alpha value is -1.06. The second-order valence-corrected chi connectivity index (χ2v) is 6.16. The third kappa shape index (κ3) is 7.19. The summed E-state index contributed by atoms with van der Waals surface area (Å²) in [5.74, 6) is -0.0626. The van der Waals surface area contributed by atoms with Crippen LogP contribution in [-0.4, -0.2) is 25.2 Å². The number of carbonyl (C=O) groups is 2. The van der Waals surface area contributed by atoms with Crippen LogP contribution in [0.15, 0.2) is 0 Å². The van der Waals surface area contributed by atoms with Crippen molar-refractivity contribution in [1.29, 1.82) is 0 Å². The van der Waals surface area contributed by atoms with Crippen LogP contribution >= 0.6 is 0 Å². The minimum absolute atomic E-state index is 0.0765. The van der Waals surface area contributed by atoms with E-state index in [1.165, 1.54) is 0 Å². The second kappa shape index (κ2) is 8.18. The highest BCUT2D eigenvalue weighted by Crippen LogP contribution is 2.28. The molecule has 0 saturated heterocycles. The van der Waals surface area contributed by atoms with Crippen molar-refractivity contribution in [2.75, 3.05) is 13.2 Å². The molecule has 19 heavy (non-hydrogen) atoms. The van der Waals surface area contributed by atoms with Crippen LogP contribution in [0.2, 0.25) is 0 Å². The maximum atomic E-state index is 12.0. The van der Waals surface area contributed by atoms with Gasteiger partial charge < -0.3 is 9.47 Å². The molecule has 0 fully saturated rings. The van der Waals surface area contributed by atoms with Crippen LogP contribution in [0.3, 0.4) is 0 Å². The van der Waals surface area contributed by atoms with Gasteiger partial charge in [0.1, 0.15) is 0 Å². The van der Waals surface area contributed by atoms with Gasteiger partial charge in [-0.3, -0.25) is 9.59 Å². The van der Waals surface area contributed by atoms with E-state index in [0.717, 1.165) is 0 Å². The first-order valence-electron chi connectivity index (χ1n) is 7.04. The zero-order chi connectivity index (χ0) is 15.1. The fourth-order valence-electron chi connectivity index (χ4n) is 1.39. The molecule has 0 N–H and O–H groups in total. The third-order valence-corrected chi connectivity index (χ3v) is 2.93. The summed E-state index contributed by atoms with van der Waals surface area (Å²) in [7, 11) is 0. The van der Waals surface area contributed by atoms with Crippen LogP contribution in [-0.2, 0) is 19.1 Å². The number of hydrogen-bond acceptors (Lipinski definition) is 4. The Labute approximate surface area is 116 Å². The lowest BCUT2D eigenvalue weighted by Gasteiger charge is -2.25. The number of esters is 2. The Bertz CT molecular complexity index is 297. The third-order valence-electron chi connectivity index (χ3n) is 2.93. The fourth-order valence-corrected chi connectivity index (χ4v) is 1.39. The quantitative estimate of drug-likeness (QED) is 0.637. The van der Waals surface area contributed by atoms with E-state index >= 15 is 0 Å². The first kappa shape index (κ1) is 17.9. The van der Waals surface area contributed by atoms with Crippen molar-refractivity contribution in [3.8, 4) is 0 Å². The predicted octanol–water partition coefficient (Wildman–Crippen LogP) is 3.19. The molecule has 0 rings (SSSR count). The molecule has 0 aliphatic carbocycles. The average molecular weight is 272 g/mol. The van der Waals surface area contributed by atoms with E-state index in [-0.39, 0.29) is 24.3 Å². The van der Waals surface area contributed by atoms with Crippen molar-refractivity contribution in [2.45, 2.75) is 54.4 Å². The van der Waals surface area contributed by atoms with Gasteiger partial charge in [0, 0.05) is 0 Å². The van der Waals surface area contributed by atoms with Crippen molar-refractivity contribution in [1.82, 2.24) is 0 Å². The lowest BCUT2D eigenvalue weighted by molar-refractivity contribution is -0.163. The summed E-state index contributed by atoms with van der Waals surface area (Å²) in [4.78, 5) is 23.8.